The van der Waals surface area contributed by atoms with E-state index in [4.69, 9.17) is 4.74 Å². The van der Waals surface area contributed by atoms with E-state index in [1.54, 1.807) is 36.4 Å². The Morgan fingerprint density at radius 2 is 1.96 bits per heavy atom. The zero-order valence-corrected chi connectivity index (χ0v) is 15.4. The topological polar surface area (TPSA) is 108 Å². The Morgan fingerprint density at radius 1 is 1.27 bits per heavy atom. The fraction of sp³-hybridized carbons (Fsp3) is 0.125. The van der Waals surface area contributed by atoms with Gasteiger partial charge in [-0.3, -0.25) is 0 Å². The average molecular weight is 420 g/mol. The van der Waals surface area contributed by atoms with Crippen molar-refractivity contribution in [2.24, 2.45) is 4.99 Å². The normalized spacial score (nSPS) is 11.6. The summed E-state index contributed by atoms with van der Waals surface area (Å²) >= 11 is 3.38. The van der Waals surface area contributed by atoms with Gasteiger partial charge in [0.2, 0.25) is 0 Å². The van der Waals surface area contributed by atoms with E-state index in [2.05, 4.69) is 26.0 Å². The van der Waals surface area contributed by atoms with Crippen LogP contribution in [-0.2, 0) is 0 Å². The highest BCUT2D eigenvalue weighted by molar-refractivity contribution is 9.10. The number of hydrogen-bond donors (Lipinski definition) is 1. The fourth-order valence-corrected chi connectivity index (χ4v) is 2.59. The maximum absolute atomic E-state index is 11.3. The highest BCUT2D eigenvalue weighted by atomic mass is 79.9. The maximum Gasteiger partial charge on any atom is 0.438 e. The highest BCUT2D eigenvalue weighted by Crippen LogP contribution is 2.22. The lowest BCUT2D eigenvalue weighted by Gasteiger charge is -2.02. The van der Waals surface area contributed by atoms with E-state index in [1.165, 1.54) is 7.11 Å². The average Bonchev–Trinajstić information content (AvgIpc) is 2.95. The lowest BCUT2D eigenvalue weighted by atomic mass is 10.2. The molecule has 0 aliphatic heterocycles. The molecule has 134 valence electrons. The summed E-state index contributed by atoms with van der Waals surface area (Å²) < 4.78 is 5.87. The van der Waals surface area contributed by atoms with Gasteiger partial charge in [0.1, 0.15) is 11.4 Å². The van der Waals surface area contributed by atoms with Crippen molar-refractivity contribution in [2.75, 3.05) is 7.11 Å². The fourth-order valence-electron chi connectivity index (χ4n) is 2.23. The molecule has 0 amide bonds. The summed E-state index contributed by atoms with van der Waals surface area (Å²) in [5.74, 6) is 0.0364. The third kappa shape index (κ3) is 3.31. The summed E-state index contributed by atoms with van der Waals surface area (Å²) in [6.07, 6.45) is 0. The van der Waals surface area contributed by atoms with Crippen molar-refractivity contribution < 1.29 is 14.9 Å². The van der Waals surface area contributed by atoms with E-state index >= 15 is 0 Å². The molecule has 0 unspecified atom stereocenters. The van der Waals surface area contributed by atoms with Gasteiger partial charge < -0.3 is 20.1 Å². The molecule has 0 spiro atoms. The number of ether oxygens (including phenoxy) is 1. The van der Waals surface area contributed by atoms with Crippen molar-refractivity contribution in [3.63, 3.8) is 0 Å². The zero-order valence-electron chi connectivity index (χ0n) is 13.8. The number of methoxy groups -OCH3 is 1. The quantitative estimate of drug-likeness (QED) is 0.397. The van der Waals surface area contributed by atoms with E-state index in [9.17, 15) is 15.3 Å². The van der Waals surface area contributed by atoms with Crippen molar-refractivity contribution in [3.05, 3.63) is 68.1 Å². The van der Waals surface area contributed by atoms with Crippen molar-refractivity contribution >= 4 is 27.4 Å². The lowest BCUT2D eigenvalue weighted by Crippen LogP contribution is -2.22. The van der Waals surface area contributed by atoms with Gasteiger partial charge in [-0.1, -0.05) is 26.8 Å². The predicted octanol–water partition coefficient (Wildman–Crippen LogP) is 3.13. The van der Waals surface area contributed by atoms with Gasteiger partial charge in [0.05, 0.1) is 17.9 Å². The second kappa shape index (κ2) is 7.00. The van der Waals surface area contributed by atoms with Gasteiger partial charge in [-0.2, -0.15) is 0 Å². The smallest absolute Gasteiger partial charge is 0.438 e. The molecule has 0 bridgehead atoms. The van der Waals surface area contributed by atoms with E-state index in [0.29, 0.717) is 22.0 Å². The molecular weight excluding hydrogens is 406 g/mol. The molecule has 26 heavy (non-hydrogen) atoms. The molecule has 1 N–H and O–H groups in total. The summed E-state index contributed by atoms with van der Waals surface area (Å²) in [6.45, 7) is 1.91. The van der Waals surface area contributed by atoms with E-state index in [0.717, 1.165) is 14.8 Å². The maximum atomic E-state index is 11.3. The largest absolute Gasteiger partial charge is 0.497 e. The van der Waals surface area contributed by atoms with Crippen LogP contribution in [0.2, 0.25) is 0 Å². The van der Waals surface area contributed by atoms with Gasteiger partial charge in [-0.05, 0) is 58.6 Å². The molecule has 0 saturated heterocycles. The van der Waals surface area contributed by atoms with E-state index < -0.39 is 10.7 Å². The van der Waals surface area contributed by atoms with E-state index in [-0.39, 0.29) is 5.49 Å². The monoisotopic (exact) mass is 419 g/mol. The van der Waals surface area contributed by atoms with Gasteiger partial charge in [0, 0.05) is 4.47 Å². The number of nitrogens with zero attached hydrogens (tertiary/aromatic N) is 5. The van der Waals surface area contributed by atoms with Crippen LogP contribution in [-0.4, -0.2) is 32.0 Å². The van der Waals surface area contributed by atoms with Crippen molar-refractivity contribution in [2.45, 2.75) is 6.92 Å². The van der Waals surface area contributed by atoms with Crippen LogP contribution < -0.4 is 10.2 Å². The standard InChI is InChI=1S/C16H14BrN5O4/c1-10-3-4-11(9-14(10)17)18-15-16(22(24)25)19-20(21(15)23)12-5-7-13(26-2)8-6-12/h3-9,23H,1-2H3. The van der Waals surface area contributed by atoms with Crippen LogP contribution in [0, 0.1) is 17.0 Å². The predicted molar refractivity (Wildman–Crippen MR) is 96.0 cm³/mol. The molecule has 3 aromatic rings. The minimum atomic E-state index is -0.700. The molecule has 3 rings (SSSR count). The van der Waals surface area contributed by atoms with Gasteiger partial charge in [-0.15, -0.1) is 0 Å². The van der Waals surface area contributed by atoms with Crippen LogP contribution in [0.15, 0.2) is 51.9 Å². The Kier molecular flexibility index (Phi) is 4.76. The Labute approximate surface area is 156 Å². The number of benzene rings is 2. The molecule has 9 nitrogen and oxygen atoms in total. The molecule has 0 fully saturated rings. The second-order valence-corrected chi connectivity index (χ2v) is 6.18. The number of aryl methyl sites for hydroxylation is 1. The van der Waals surface area contributed by atoms with Crippen LogP contribution in [0.25, 0.3) is 5.69 Å². The molecule has 10 heteroatoms. The zero-order chi connectivity index (χ0) is 18.8. The summed E-state index contributed by atoms with van der Waals surface area (Å²) in [5.41, 5.74) is 1.54. The van der Waals surface area contributed by atoms with Crippen molar-refractivity contribution in [3.8, 4) is 11.4 Å². The molecule has 1 aromatic heterocycles. The number of rotatable bonds is 4. The number of hydrogen-bond acceptors (Lipinski definition) is 6. The first-order valence-electron chi connectivity index (χ1n) is 7.42. The first-order valence-corrected chi connectivity index (χ1v) is 8.21. The summed E-state index contributed by atoms with van der Waals surface area (Å²) in [4.78, 5) is 16.3. The Balaban J connectivity index is 2.18. The number of aromatic nitrogens is 3. The van der Waals surface area contributed by atoms with Crippen LogP contribution in [0.1, 0.15) is 5.56 Å². The number of halogens is 1. The summed E-state index contributed by atoms with van der Waals surface area (Å²) in [7, 11) is 1.52. The molecule has 1 heterocycles. The van der Waals surface area contributed by atoms with Crippen LogP contribution in [0.3, 0.4) is 0 Å². The molecular formula is C16H14BrN5O4. The minimum absolute atomic E-state index is 0.290. The molecule has 0 atom stereocenters. The highest BCUT2D eigenvalue weighted by Gasteiger charge is 2.24. The van der Waals surface area contributed by atoms with Crippen molar-refractivity contribution in [1.82, 2.24) is 14.7 Å². The van der Waals surface area contributed by atoms with Gasteiger partial charge in [0.15, 0.2) is 0 Å². The van der Waals surface area contributed by atoms with Crippen LogP contribution in [0.5, 0.6) is 5.75 Å². The van der Waals surface area contributed by atoms with Gasteiger partial charge in [-0.25, -0.2) is 4.99 Å². The minimum Gasteiger partial charge on any atom is -0.497 e. The van der Waals surface area contributed by atoms with Gasteiger partial charge >= 0.3 is 5.82 Å². The molecule has 0 aliphatic rings. The first-order chi connectivity index (χ1) is 12.4. The van der Waals surface area contributed by atoms with Crippen LogP contribution >= 0.6 is 15.9 Å². The first kappa shape index (κ1) is 17.7. The third-order valence-corrected chi connectivity index (χ3v) is 4.48. The van der Waals surface area contributed by atoms with E-state index in [1.807, 2.05) is 13.0 Å². The third-order valence-electron chi connectivity index (χ3n) is 3.63. The molecule has 0 saturated carbocycles. The molecule has 0 radical (unpaired) electrons. The Hall–Kier alpha value is -3.14. The lowest BCUT2D eigenvalue weighted by molar-refractivity contribution is -0.391. The van der Waals surface area contributed by atoms with Crippen LogP contribution in [0.4, 0.5) is 11.5 Å². The van der Waals surface area contributed by atoms with Crippen molar-refractivity contribution in [1.29, 1.82) is 0 Å². The second-order valence-electron chi connectivity index (χ2n) is 5.33. The Morgan fingerprint density at radius 3 is 2.54 bits per heavy atom. The summed E-state index contributed by atoms with van der Waals surface area (Å²) in [6, 6.07) is 11.7. The molecule has 0 aliphatic carbocycles. The SMILES string of the molecule is COc1ccc(-n2nc([N+](=O)[O-])c(=Nc3ccc(C)c(Br)c3)n2O)cc1. The molecule has 2 aromatic carbocycles. The Bertz CT molecular complexity index is 1040. The number of nitro groups is 1. The summed E-state index contributed by atoms with van der Waals surface area (Å²) in [5, 5.41) is 25.6. The van der Waals surface area contributed by atoms with Gasteiger partial charge in [0.25, 0.3) is 5.49 Å².